The van der Waals surface area contributed by atoms with E-state index >= 15 is 0 Å². The summed E-state index contributed by atoms with van der Waals surface area (Å²) in [5.41, 5.74) is 0. The number of carboxylic acids is 1. The molecule has 1 rings (SSSR count). The van der Waals surface area contributed by atoms with Crippen LogP contribution in [0, 0.1) is 5.92 Å². The molecule has 6 nitrogen and oxygen atoms in total. The number of carbonyl (C=O) groups is 2. The predicted molar refractivity (Wildman–Crippen MR) is 59.6 cm³/mol. The molecule has 1 atom stereocenters. The van der Waals surface area contributed by atoms with Crippen LogP contribution in [0.3, 0.4) is 0 Å². The number of hydrogen-bond acceptors (Lipinski definition) is 4. The van der Waals surface area contributed by atoms with E-state index in [2.05, 4.69) is 5.32 Å². The second-order valence-electron chi connectivity index (χ2n) is 4.18. The van der Waals surface area contributed by atoms with Gasteiger partial charge in [0.25, 0.3) is 0 Å². The second kappa shape index (κ2) is 7.24. The Kier molecular flexibility index (Phi) is 5.93. The van der Waals surface area contributed by atoms with Gasteiger partial charge in [-0.05, 0) is 18.8 Å². The van der Waals surface area contributed by atoms with Crippen LogP contribution in [-0.4, -0.2) is 49.5 Å². The normalized spacial score (nSPS) is 18.6. The van der Waals surface area contributed by atoms with Gasteiger partial charge >= 0.3 is 5.97 Å². The molecule has 0 spiro atoms. The standard InChI is InChI=1S/C11H19NO5/c1-8(13)12-10(11(14)15)7-17-6-9-2-4-16-5-3-9/h9-10H,2-7H2,1H3,(H,12,13)(H,14,15). The minimum Gasteiger partial charge on any atom is -0.480 e. The molecule has 1 heterocycles. The first-order valence-electron chi connectivity index (χ1n) is 5.75. The Hall–Kier alpha value is -1.14. The Bertz CT molecular complexity index is 263. The maximum Gasteiger partial charge on any atom is 0.328 e. The molecule has 6 heteroatoms. The summed E-state index contributed by atoms with van der Waals surface area (Å²) >= 11 is 0. The number of carbonyl (C=O) groups excluding carboxylic acids is 1. The minimum atomic E-state index is -1.08. The van der Waals surface area contributed by atoms with Gasteiger partial charge in [-0.1, -0.05) is 0 Å². The molecule has 1 amide bonds. The number of nitrogens with one attached hydrogen (secondary N) is 1. The second-order valence-corrected chi connectivity index (χ2v) is 4.18. The fraction of sp³-hybridized carbons (Fsp3) is 0.818. The largest absolute Gasteiger partial charge is 0.480 e. The molecule has 0 aliphatic carbocycles. The summed E-state index contributed by atoms with van der Waals surface area (Å²) in [6, 6.07) is -0.965. The summed E-state index contributed by atoms with van der Waals surface area (Å²) in [5, 5.41) is 11.2. The molecule has 1 saturated heterocycles. The van der Waals surface area contributed by atoms with Gasteiger partial charge in [-0.3, -0.25) is 4.79 Å². The summed E-state index contributed by atoms with van der Waals surface area (Å²) in [5.74, 6) is -1.02. The van der Waals surface area contributed by atoms with Crippen LogP contribution in [0.15, 0.2) is 0 Å². The van der Waals surface area contributed by atoms with Crippen molar-refractivity contribution in [2.75, 3.05) is 26.4 Å². The van der Waals surface area contributed by atoms with Gasteiger partial charge in [0.2, 0.25) is 5.91 Å². The van der Waals surface area contributed by atoms with Gasteiger partial charge in [-0.15, -0.1) is 0 Å². The minimum absolute atomic E-state index is 0.00622. The molecule has 0 radical (unpaired) electrons. The van der Waals surface area contributed by atoms with E-state index < -0.39 is 12.0 Å². The van der Waals surface area contributed by atoms with Crippen LogP contribution in [0.2, 0.25) is 0 Å². The van der Waals surface area contributed by atoms with Gasteiger partial charge in [0.15, 0.2) is 6.04 Å². The van der Waals surface area contributed by atoms with Crippen LogP contribution < -0.4 is 5.32 Å². The summed E-state index contributed by atoms with van der Waals surface area (Å²) < 4.78 is 10.6. The topological polar surface area (TPSA) is 84.9 Å². The Balaban J connectivity index is 2.21. The zero-order valence-electron chi connectivity index (χ0n) is 9.98. The van der Waals surface area contributed by atoms with Crippen molar-refractivity contribution >= 4 is 11.9 Å². The third-order valence-corrected chi connectivity index (χ3v) is 2.65. The number of hydrogen-bond donors (Lipinski definition) is 2. The summed E-state index contributed by atoms with van der Waals surface area (Å²) in [6.07, 6.45) is 1.88. The molecule has 1 aliphatic rings. The van der Waals surface area contributed by atoms with E-state index in [1.165, 1.54) is 6.92 Å². The third kappa shape index (κ3) is 5.65. The zero-order chi connectivity index (χ0) is 12.7. The van der Waals surface area contributed by atoms with Crippen molar-refractivity contribution in [3.05, 3.63) is 0 Å². The molecular formula is C11H19NO5. The van der Waals surface area contributed by atoms with Gasteiger partial charge in [0.1, 0.15) is 0 Å². The van der Waals surface area contributed by atoms with Crippen molar-refractivity contribution in [3.63, 3.8) is 0 Å². The number of amides is 1. The molecule has 0 saturated carbocycles. The van der Waals surface area contributed by atoms with Crippen LogP contribution >= 0.6 is 0 Å². The molecule has 0 aromatic rings. The van der Waals surface area contributed by atoms with Gasteiger partial charge in [0, 0.05) is 26.7 Å². The zero-order valence-corrected chi connectivity index (χ0v) is 9.98. The summed E-state index contributed by atoms with van der Waals surface area (Å²) in [4.78, 5) is 21.6. The third-order valence-electron chi connectivity index (χ3n) is 2.65. The molecule has 1 fully saturated rings. The van der Waals surface area contributed by atoms with Crippen molar-refractivity contribution in [2.24, 2.45) is 5.92 Å². The average molecular weight is 245 g/mol. The lowest BCUT2D eigenvalue weighted by Crippen LogP contribution is -2.43. The molecule has 2 N–H and O–H groups in total. The Labute approximate surface area is 100 Å². The van der Waals surface area contributed by atoms with Crippen molar-refractivity contribution in [1.29, 1.82) is 0 Å². The lowest BCUT2D eigenvalue weighted by molar-refractivity contribution is -0.143. The fourth-order valence-electron chi connectivity index (χ4n) is 1.69. The average Bonchev–Trinajstić information content (AvgIpc) is 2.28. The van der Waals surface area contributed by atoms with E-state index in [0.717, 1.165) is 26.1 Å². The predicted octanol–water partition coefficient (Wildman–Crippen LogP) is 0.0189. The summed E-state index contributed by atoms with van der Waals surface area (Å²) in [6.45, 7) is 3.29. The van der Waals surface area contributed by atoms with Gasteiger partial charge < -0.3 is 19.9 Å². The van der Waals surface area contributed by atoms with Crippen molar-refractivity contribution in [2.45, 2.75) is 25.8 Å². The van der Waals surface area contributed by atoms with Gasteiger partial charge in [-0.25, -0.2) is 4.79 Å². The maximum absolute atomic E-state index is 10.8. The van der Waals surface area contributed by atoms with Crippen molar-refractivity contribution < 1.29 is 24.2 Å². The monoisotopic (exact) mass is 245 g/mol. The molecule has 17 heavy (non-hydrogen) atoms. The van der Waals surface area contributed by atoms with Crippen LogP contribution in [0.25, 0.3) is 0 Å². The Morgan fingerprint density at radius 2 is 2.12 bits per heavy atom. The van der Waals surface area contributed by atoms with Gasteiger partial charge in [-0.2, -0.15) is 0 Å². The first kappa shape index (κ1) is 13.9. The quantitative estimate of drug-likeness (QED) is 0.689. The van der Waals surface area contributed by atoms with Crippen LogP contribution in [0.4, 0.5) is 0 Å². The summed E-state index contributed by atoms with van der Waals surface area (Å²) in [7, 11) is 0. The first-order valence-corrected chi connectivity index (χ1v) is 5.75. The van der Waals surface area contributed by atoms with E-state index in [1.807, 2.05) is 0 Å². The van der Waals surface area contributed by atoms with E-state index in [4.69, 9.17) is 14.6 Å². The first-order chi connectivity index (χ1) is 8.09. The number of ether oxygens (including phenoxy) is 2. The molecule has 1 aliphatic heterocycles. The molecule has 1 unspecified atom stereocenters. The Morgan fingerprint density at radius 1 is 1.47 bits per heavy atom. The maximum atomic E-state index is 10.8. The lowest BCUT2D eigenvalue weighted by atomic mass is 10.0. The van der Waals surface area contributed by atoms with E-state index in [0.29, 0.717) is 12.5 Å². The van der Waals surface area contributed by atoms with Crippen LogP contribution in [0.1, 0.15) is 19.8 Å². The van der Waals surface area contributed by atoms with Crippen LogP contribution in [0.5, 0.6) is 0 Å². The molecule has 0 aromatic heterocycles. The smallest absolute Gasteiger partial charge is 0.328 e. The molecule has 0 aromatic carbocycles. The van der Waals surface area contributed by atoms with Crippen LogP contribution in [-0.2, 0) is 19.1 Å². The highest BCUT2D eigenvalue weighted by Gasteiger charge is 2.20. The fourth-order valence-corrected chi connectivity index (χ4v) is 1.69. The van der Waals surface area contributed by atoms with E-state index in [-0.39, 0.29) is 12.5 Å². The molecule has 98 valence electrons. The number of rotatable bonds is 6. The molecular weight excluding hydrogens is 226 g/mol. The number of carboxylic acid groups (broad SMARTS) is 1. The van der Waals surface area contributed by atoms with Gasteiger partial charge in [0.05, 0.1) is 6.61 Å². The Morgan fingerprint density at radius 3 is 2.65 bits per heavy atom. The van der Waals surface area contributed by atoms with E-state index in [1.54, 1.807) is 0 Å². The highest BCUT2D eigenvalue weighted by Crippen LogP contribution is 2.14. The lowest BCUT2D eigenvalue weighted by Gasteiger charge is -2.22. The van der Waals surface area contributed by atoms with Crippen molar-refractivity contribution in [3.8, 4) is 0 Å². The highest BCUT2D eigenvalue weighted by molar-refractivity contribution is 5.82. The number of aliphatic carboxylic acids is 1. The SMILES string of the molecule is CC(=O)NC(COCC1CCOCC1)C(=O)O. The molecule has 0 bridgehead atoms. The van der Waals surface area contributed by atoms with E-state index in [9.17, 15) is 9.59 Å². The van der Waals surface area contributed by atoms with Crippen molar-refractivity contribution in [1.82, 2.24) is 5.32 Å². The highest BCUT2D eigenvalue weighted by atomic mass is 16.5.